The topological polar surface area (TPSA) is 237 Å². The lowest BCUT2D eigenvalue weighted by molar-refractivity contribution is -0.161. The molecule has 0 aliphatic heterocycles. The lowest BCUT2D eigenvalue weighted by Gasteiger charge is -2.21. The van der Waals surface area contributed by atoms with Gasteiger partial charge in [-0.2, -0.15) is 0 Å². The monoisotopic (exact) mass is 1420 g/mol. The molecule has 5 unspecified atom stereocenters. The molecule has 0 aromatic rings. The van der Waals surface area contributed by atoms with Gasteiger partial charge in [-0.3, -0.25) is 37.3 Å². The molecule has 0 fully saturated rings. The first-order valence-corrected chi connectivity index (χ1v) is 41.8. The third-order valence-corrected chi connectivity index (χ3v) is 18.2. The van der Waals surface area contributed by atoms with Crippen molar-refractivity contribution in [2.45, 2.75) is 354 Å². The van der Waals surface area contributed by atoms with Crippen LogP contribution in [0.5, 0.6) is 0 Å². The van der Waals surface area contributed by atoms with E-state index in [9.17, 15) is 43.2 Å². The summed E-state index contributed by atoms with van der Waals surface area (Å²) in [6, 6.07) is 0. The molecule has 0 spiro atoms. The fraction of sp³-hybridized carbons (Fsp3) is 0.772. The molecule has 0 aromatic heterocycles. The van der Waals surface area contributed by atoms with Crippen LogP contribution in [0.15, 0.2) is 85.1 Å². The van der Waals surface area contributed by atoms with Gasteiger partial charge in [0.2, 0.25) is 0 Å². The molecule has 0 rings (SSSR count). The van der Waals surface area contributed by atoms with Gasteiger partial charge in [0.1, 0.15) is 19.3 Å². The van der Waals surface area contributed by atoms with Crippen LogP contribution in [-0.2, 0) is 65.4 Å². The normalized spacial score (nSPS) is 14.4. The van der Waals surface area contributed by atoms with Crippen LogP contribution in [0.1, 0.15) is 336 Å². The van der Waals surface area contributed by atoms with E-state index in [0.717, 1.165) is 180 Å². The third kappa shape index (κ3) is 70.7. The summed E-state index contributed by atoms with van der Waals surface area (Å²) in [4.78, 5) is 72.8. The Labute approximate surface area is 595 Å². The quantitative estimate of drug-likeness (QED) is 0.0169. The zero-order valence-electron chi connectivity index (χ0n) is 62.0. The number of carbonyl (C=O) groups excluding carboxylic acids is 4. The number of aliphatic hydroxyl groups is 1. The van der Waals surface area contributed by atoms with Gasteiger partial charge in [0.25, 0.3) is 0 Å². The number of allylic oxidation sites excluding steroid dienone is 14. The molecule has 5 atom stereocenters. The summed E-state index contributed by atoms with van der Waals surface area (Å²) in [6.07, 6.45) is 72.8. The van der Waals surface area contributed by atoms with Crippen LogP contribution in [0.2, 0.25) is 0 Å². The van der Waals surface area contributed by atoms with Crippen molar-refractivity contribution in [3.05, 3.63) is 85.1 Å². The largest absolute Gasteiger partial charge is 0.472 e. The van der Waals surface area contributed by atoms with Crippen molar-refractivity contribution < 1.29 is 80.2 Å². The highest BCUT2D eigenvalue weighted by molar-refractivity contribution is 7.47. The summed E-state index contributed by atoms with van der Waals surface area (Å²) in [5.74, 6) is -2.19. The number of carbonyl (C=O) groups is 4. The minimum atomic E-state index is -4.97. The number of hydrogen-bond acceptors (Lipinski definition) is 15. The Morgan fingerprint density at radius 1 is 0.296 bits per heavy atom. The average Bonchev–Trinajstić information content (AvgIpc) is 1.00. The van der Waals surface area contributed by atoms with Crippen molar-refractivity contribution in [3.8, 4) is 0 Å². The van der Waals surface area contributed by atoms with E-state index in [-0.39, 0.29) is 25.7 Å². The summed E-state index contributed by atoms with van der Waals surface area (Å²) in [6.45, 7) is 4.68. The van der Waals surface area contributed by atoms with Crippen molar-refractivity contribution in [3.63, 3.8) is 0 Å². The maximum absolute atomic E-state index is 13.1. The molecule has 0 radical (unpaired) electrons. The maximum atomic E-state index is 13.1. The number of esters is 4. The van der Waals surface area contributed by atoms with E-state index in [2.05, 4.69) is 113 Å². The first-order valence-electron chi connectivity index (χ1n) is 38.8. The van der Waals surface area contributed by atoms with Crippen LogP contribution in [0.4, 0.5) is 0 Å². The molecule has 0 aliphatic carbocycles. The number of ether oxygens (including phenoxy) is 4. The second-order valence-corrected chi connectivity index (χ2v) is 28.8. The number of unbranched alkanes of at least 4 members (excludes halogenated alkanes) is 33. The number of rotatable bonds is 73. The van der Waals surface area contributed by atoms with Crippen molar-refractivity contribution >= 4 is 39.5 Å². The minimum Gasteiger partial charge on any atom is -0.462 e. The highest BCUT2D eigenvalue weighted by Gasteiger charge is 2.30. The van der Waals surface area contributed by atoms with E-state index in [1.807, 2.05) is 0 Å². The smallest absolute Gasteiger partial charge is 0.462 e. The van der Waals surface area contributed by atoms with E-state index in [4.69, 9.17) is 37.0 Å². The molecule has 0 amide bonds. The minimum absolute atomic E-state index is 0.0792. The SMILES string of the molecule is CC/C=C\C/C=C\C/C=C\C/C=C\CCCCCCCCC(=O)OCC(COP(=O)(O)OCC(O)COP(=O)(O)OCC(COC(=O)CCCCCCC/C=C\CCCCCCCC)OC(=O)CCCCCCC/C=C\C/C=C\CCC)OC(=O)CCCCCCCCCCCCC. The summed E-state index contributed by atoms with van der Waals surface area (Å²) in [5, 5.41) is 10.6. The maximum Gasteiger partial charge on any atom is 0.472 e. The molecule has 17 nitrogen and oxygen atoms in total. The fourth-order valence-electron chi connectivity index (χ4n) is 10.4. The number of phosphoric acid groups is 2. The first-order chi connectivity index (χ1) is 47.7. The molecule has 0 bridgehead atoms. The predicted octanol–water partition coefficient (Wildman–Crippen LogP) is 22.2. The average molecular weight is 1420 g/mol. The highest BCUT2D eigenvalue weighted by atomic mass is 31.2. The second kappa shape index (κ2) is 71.6. The zero-order chi connectivity index (χ0) is 71.8. The van der Waals surface area contributed by atoms with Crippen LogP contribution in [0.25, 0.3) is 0 Å². The predicted molar refractivity (Wildman–Crippen MR) is 399 cm³/mol. The Kier molecular flexibility index (Phi) is 68.9. The number of aliphatic hydroxyl groups excluding tert-OH is 1. The summed E-state index contributed by atoms with van der Waals surface area (Å²) >= 11 is 0. The van der Waals surface area contributed by atoms with Crippen LogP contribution in [0, 0.1) is 0 Å². The molecule has 0 saturated carbocycles. The number of hydrogen-bond donors (Lipinski definition) is 3. The molecule has 0 heterocycles. The summed E-state index contributed by atoms with van der Waals surface area (Å²) in [7, 11) is -9.95. The van der Waals surface area contributed by atoms with Crippen LogP contribution >= 0.6 is 15.6 Å². The van der Waals surface area contributed by atoms with Crippen LogP contribution in [0.3, 0.4) is 0 Å². The Morgan fingerprint density at radius 3 is 0.867 bits per heavy atom. The fourth-order valence-corrected chi connectivity index (χ4v) is 12.0. The van der Waals surface area contributed by atoms with Gasteiger partial charge in [0, 0.05) is 25.7 Å². The second-order valence-electron chi connectivity index (χ2n) is 25.9. The van der Waals surface area contributed by atoms with E-state index in [1.165, 1.54) is 77.0 Å². The summed E-state index contributed by atoms with van der Waals surface area (Å²) < 4.78 is 68.5. The number of phosphoric ester groups is 2. The van der Waals surface area contributed by atoms with E-state index >= 15 is 0 Å². The first kappa shape index (κ1) is 94.2. The van der Waals surface area contributed by atoms with E-state index in [0.29, 0.717) is 25.7 Å². The van der Waals surface area contributed by atoms with E-state index < -0.39 is 97.5 Å². The molecular formula is C79H140O17P2. The van der Waals surface area contributed by atoms with Gasteiger partial charge in [0.05, 0.1) is 26.4 Å². The molecule has 0 aromatic carbocycles. The van der Waals surface area contributed by atoms with Gasteiger partial charge in [-0.25, -0.2) is 9.13 Å². The van der Waals surface area contributed by atoms with Gasteiger partial charge in [-0.1, -0.05) is 280 Å². The Bertz CT molecular complexity index is 2190. The van der Waals surface area contributed by atoms with Gasteiger partial charge >= 0.3 is 39.5 Å². The van der Waals surface area contributed by atoms with Crippen molar-refractivity contribution in [2.24, 2.45) is 0 Å². The molecular weight excluding hydrogens is 1280 g/mol. The molecule has 98 heavy (non-hydrogen) atoms. The van der Waals surface area contributed by atoms with Gasteiger partial charge in [-0.15, -0.1) is 0 Å². The standard InChI is InChI=1S/C79H140O17P2/c1-5-9-13-17-21-25-29-32-34-35-36-37-39-42-45-48-52-56-60-64-77(82)89-69-74(95-78(83)65-61-57-53-49-43-28-24-20-16-12-8-4)71-93-97(85,86)91-67-73(80)68-92-98(87,88)94-72-75(96-79(84)66-62-58-54-50-46-40-31-27-23-19-15-11-7-3)70-90-76(81)63-59-55-51-47-44-41-38-33-30-26-22-18-14-10-6-2/h9,13,15,19,21,25,27,31-34,36-38,73-75,80H,5-8,10-12,14,16-18,20,22-24,26,28-30,35,39-72H2,1-4H3,(H,85,86)(H,87,88)/b13-9-,19-15-,25-21-,31-27-,34-32-,37-36-,38-33-. The van der Waals surface area contributed by atoms with Gasteiger partial charge in [-0.05, 0) is 116 Å². The molecule has 568 valence electrons. The summed E-state index contributed by atoms with van der Waals surface area (Å²) in [5.41, 5.74) is 0. The van der Waals surface area contributed by atoms with E-state index in [1.54, 1.807) is 0 Å². The van der Waals surface area contributed by atoms with Crippen molar-refractivity contribution in [1.82, 2.24) is 0 Å². The molecule has 19 heteroatoms. The van der Waals surface area contributed by atoms with Gasteiger partial charge in [0.15, 0.2) is 12.2 Å². The lowest BCUT2D eigenvalue weighted by Crippen LogP contribution is -2.30. The molecule has 0 aliphatic rings. The van der Waals surface area contributed by atoms with Crippen molar-refractivity contribution in [2.75, 3.05) is 39.6 Å². The Balaban J connectivity index is 5.30. The van der Waals surface area contributed by atoms with Gasteiger partial charge < -0.3 is 33.8 Å². The highest BCUT2D eigenvalue weighted by Crippen LogP contribution is 2.45. The van der Waals surface area contributed by atoms with Crippen LogP contribution < -0.4 is 0 Å². The zero-order valence-corrected chi connectivity index (χ0v) is 63.7. The molecule has 3 N–H and O–H groups in total. The van der Waals surface area contributed by atoms with Crippen LogP contribution in [-0.4, -0.2) is 96.7 Å². The third-order valence-electron chi connectivity index (χ3n) is 16.3. The van der Waals surface area contributed by atoms with Crippen molar-refractivity contribution in [1.29, 1.82) is 0 Å². The molecule has 0 saturated heterocycles. The Hall–Kier alpha value is -3.76. The lowest BCUT2D eigenvalue weighted by atomic mass is 10.1. The Morgan fingerprint density at radius 2 is 0.551 bits per heavy atom.